The zero-order valence-corrected chi connectivity index (χ0v) is 13.6. The Balaban J connectivity index is 0.000000345. The number of rotatable bonds is 3. The van der Waals surface area contributed by atoms with Crippen LogP contribution in [-0.2, 0) is 4.74 Å². The fourth-order valence-electron chi connectivity index (χ4n) is 3.12. The van der Waals surface area contributed by atoms with Crippen molar-refractivity contribution >= 4 is 12.4 Å². The monoisotopic (exact) mass is 308 g/mol. The molecule has 0 saturated heterocycles. The SMILES string of the molecule is COC[C@@H]1CCCC[C@@H]1N.Cl.N[C@H]1CCCC[C@H]1CO. The fourth-order valence-corrected chi connectivity index (χ4v) is 3.12. The summed E-state index contributed by atoms with van der Waals surface area (Å²) in [6.45, 7) is 1.13. The van der Waals surface area contributed by atoms with Gasteiger partial charge in [-0.05, 0) is 37.5 Å². The molecular weight excluding hydrogens is 276 g/mol. The van der Waals surface area contributed by atoms with Crippen LogP contribution in [0.1, 0.15) is 51.4 Å². The molecular formula is C15H33ClN2O2. The van der Waals surface area contributed by atoms with Crippen molar-refractivity contribution in [2.24, 2.45) is 23.3 Å². The van der Waals surface area contributed by atoms with Crippen molar-refractivity contribution in [2.45, 2.75) is 63.5 Å². The maximum absolute atomic E-state index is 8.78. The Labute approximate surface area is 130 Å². The van der Waals surface area contributed by atoms with Crippen molar-refractivity contribution < 1.29 is 9.84 Å². The van der Waals surface area contributed by atoms with Crippen LogP contribution >= 0.6 is 12.4 Å². The first-order valence-corrected chi connectivity index (χ1v) is 7.80. The summed E-state index contributed by atoms with van der Waals surface area (Å²) in [6, 6.07) is 0.664. The molecule has 5 N–H and O–H groups in total. The van der Waals surface area contributed by atoms with Crippen molar-refractivity contribution in [2.75, 3.05) is 20.3 Å². The predicted molar refractivity (Wildman–Crippen MR) is 86.1 cm³/mol. The van der Waals surface area contributed by atoms with Crippen LogP contribution in [0.3, 0.4) is 0 Å². The number of halogens is 1. The lowest BCUT2D eigenvalue weighted by Gasteiger charge is -2.27. The van der Waals surface area contributed by atoms with E-state index < -0.39 is 0 Å². The van der Waals surface area contributed by atoms with Gasteiger partial charge in [0.2, 0.25) is 0 Å². The van der Waals surface area contributed by atoms with Crippen molar-refractivity contribution in [1.29, 1.82) is 0 Å². The van der Waals surface area contributed by atoms with Crippen molar-refractivity contribution in [3.05, 3.63) is 0 Å². The molecule has 20 heavy (non-hydrogen) atoms. The van der Waals surface area contributed by atoms with Gasteiger partial charge in [0.25, 0.3) is 0 Å². The Morgan fingerprint density at radius 3 is 1.70 bits per heavy atom. The van der Waals surface area contributed by atoms with Gasteiger partial charge in [0.1, 0.15) is 0 Å². The minimum atomic E-state index is 0. The molecule has 2 aliphatic rings. The molecule has 122 valence electrons. The zero-order chi connectivity index (χ0) is 14.1. The van der Waals surface area contributed by atoms with Crippen molar-refractivity contribution in [1.82, 2.24) is 0 Å². The minimum absolute atomic E-state index is 0. The Hall–Kier alpha value is 0.130. The molecule has 2 fully saturated rings. The van der Waals surface area contributed by atoms with Gasteiger partial charge in [-0.2, -0.15) is 0 Å². The van der Waals surface area contributed by atoms with Gasteiger partial charge < -0.3 is 21.3 Å². The van der Waals surface area contributed by atoms with E-state index in [2.05, 4.69) is 0 Å². The molecule has 0 aromatic carbocycles. The molecule has 5 heteroatoms. The fraction of sp³-hybridized carbons (Fsp3) is 1.00. The van der Waals surface area contributed by atoms with Crippen LogP contribution in [0.5, 0.6) is 0 Å². The second kappa shape index (κ2) is 11.8. The summed E-state index contributed by atoms with van der Waals surface area (Å²) in [5.74, 6) is 1.01. The van der Waals surface area contributed by atoms with Crippen LogP contribution in [-0.4, -0.2) is 37.5 Å². The zero-order valence-electron chi connectivity index (χ0n) is 12.8. The molecule has 0 spiro atoms. The Kier molecular flexibility index (Phi) is 11.8. The van der Waals surface area contributed by atoms with E-state index >= 15 is 0 Å². The van der Waals surface area contributed by atoms with E-state index in [0.29, 0.717) is 17.9 Å². The number of ether oxygens (including phenoxy) is 1. The number of hydrogen-bond donors (Lipinski definition) is 3. The lowest BCUT2D eigenvalue weighted by molar-refractivity contribution is 0.119. The summed E-state index contributed by atoms with van der Waals surface area (Å²) in [4.78, 5) is 0. The van der Waals surface area contributed by atoms with Gasteiger partial charge in [0, 0.05) is 25.8 Å². The summed E-state index contributed by atoms with van der Waals surface area (Å²) in [6.07, 6.45) is 9.81. The van der Waals surface area contributed by atoms with Crippen molar-refractivity contribution in [3.63, 3.8) is 0 Å². The summed E-state index contributed by atoms with van der Waals surface area (Å²) >= 11 is 0. The quantitative estimate of drug-likeness (QED) is 0.745. The van der Waals surface area contributed by atoms with Crippen molar-refractivity contribution in [3.8, 4) is 0 Å². The highest BCUT2D eigenvalue weighted by atomic mass is 35.5. The second-order valence-corrected chi connectivity index (χ2v) is 6.05. The highest BCUT2D eigenvalue weighted by Crippen LogP contribution is 2.23. The van der Waals surface area contributed by atoms with E-state index in [1.807, 2.05) is 0 Å². The average Bonchev–Trinajstić information content (AvgIpc) is 2.43. The number of aliphatic hydroxyl groups is 1. The molecule has 4 nitrogen and oxygen atoms in total. The Bertz CT molecular complexity index is 230. The van der Waals surface area contributed by atoms with E-state index in [9.17, 15) is 0 Å². The number of aliphatic hydroxyl groups excluding tert-OH is 1. The molecule has 0 amide bonds. The van der Waals surface area contributed by atoms with Crippen LogP contribution in [0.2, 0.25) is 0 Å². The van der Waals surface area contributed by atoms with E-state index in [-0.39, 0.29) is 25.1 Å². The average molecular weight is 309 g/mol. The molecule has 0 bridgehead atoms. The maximum Gasteiger partial charge on any atom is 0.0505 e. The van der Waals surface area contributed by atoms with Gasteiger partial charge >= 0.3 is 0 Å². The second-order valence-electron chi connectivity index (χ2n) is 6.05. The molecule has 2 rings (SSSR count). The number of hydrogen-bond acceptors (Lipinski definition) is 4. The van der Waals surface area contributed by atoms with Gasteiger partial charge in [-0.3, -0.25) is 0 Å². The third-order valence-electron chi connectivity index (χ3n) is 4.55. The molecule has 0 unspecified atom stereocenters. The molecule has 4 atom stereocenters. The first kappa shape index (κ1) is 20.1. The summed E-state index contributed by atoms with van der Waals surface area (Å²) in [5.41, 5.74) is 11.6. The number of nitrogens with two attached hydrogens (primary N) is 2. The molecule has 0 heterocycles. The first-order valence-electron chi connectivity index (χ1n) is 7.80. The smallest absolute Gasteiger partial charge is 0.0505 e. The molecule has 0 aromatic heterocycles. The summed E-state index contributed by atoms with van der Waals surface area (Å²) < 4.78 is 5.07. The Morgan fingerprint density at radius 2 is 1.35 bits per heavy atom. The summed E-state index contributed by atoms with van der Waals surface area (Å²) in [7, 11) is 1.75. The minimum Gasteiger partial charge on any atom is -0.396 e. The predicted octanol–water partition coefficient (Wildman–Crippen LogP) is 2.07. The highest BCUT2D eigenvalue weighted by Gasteiger charge is 2.21. The molecule has 2 saturated carbocycles. The lowest BCUT2D eigenvalue weighted by atomic mass is 9.86. The molecule has 2 aliphatic carbocycles. The highest BCUT2D eigenvalue weighted by molar-refractivity contribution is 5.85. The van der Waals surface area contributed by atoms with Crippen LogP contribution in [0, 0.1) is 11.8 Å². The normalized spacial score (nSPS) is 33.6. The van der Waals surface area contributed by atoms with Crippen LogP contribution in [0.4, 0.5) is 0 Å². The van der Waals surface area contributed by atoms with Gasteiger partial charge in [-0.15, -0.1) is 12.4 Å². The van der Waals surface area contributed by atoms with Gasteiger partial charge in [-0.1, -0.05) is 25.7 Å². The van der Waals surface area contributed by atoms with Crippen LogP contribution in [0.15, 0.2) is 0 Å². The van der Waals surface area contributed by atoms with Crippen LogP contribution < -0.4 is 11.5 Å². The van der Waals surface area contributed by atoms with Gasteiger partial charge in [0.15, 0.2) is 0 Å². The summed E-state index contributed by atoms with van der Waals surface area (Å²) in [5, 5.41) is 8.78. The molecule has 0 radical (unpaired) electrons. The van der Waals surface area contributed by atoms with Crippen LogP contribution in [0.25, 0.3) is 0 Å². The van der Waals surface area contributed by atoms with E-state index in [1.165, 1.54) is 38.5 Å². The topological polar surface area (TPSA) is 81.5 Å². The van der Waals surface area contributed by atoms with E-state index in [4.69, 9.17) is 21.3 Å². The number of methoxy groups -OCH3 is 1. The van der Waals surface area contributed by atoms with E-state index in [1.54, 1.807) is 7.11 Å². The molecule has 0 aliphatic heterocycles. The maximum atomic E-state index is 8.78. The third-order valence-corrected chi connectivity index (χ3v) is 4.55. The van der Waals surface area contributed by atoms with E-state index in [0.717, 1.165) is 19.4 Å². The van der Waals surface area contributed by atoms with Gasteiger partial charge in [0.05, 0.1) is 6.61 Å². The largest absolute Gasteiger partial charge is 0.396 e. The molecule has 0 aromatic rings. The first-order chi connectivity index (χ1) is 9.19. The van der Waals surface area contributed by atoms with Gasteiger partial charge in [-0.25, -0.2) is 0 Å². The third kappa shape index (κ3) is 7.23. The lowest BCUT2D eigenvalue weighted by Crippen LogP contribution is -2.35. The Morgan fingerprint density at radius 1 is 0.900 bits per heavy atom. The standard InChI is InChI=1S/C8H17NO.C7H15NO.ClH/c1-10-6-7-4-2-3-5-8(7)9;8-7-4-2-1-3-6(7)5-9;/h7-8H,2-6,9H2,1H3;6-7,9H,1-5,8H2;1H/t7-,8-;6-,7-;/m00./s1.